The highest BCUT2D eigenvalue weighted by Crippen LogP contribution is 2.36. The lowest BCUT2D eigenvalue weighted by Crippen LogP contribution is -2.53. The first-order valence-corrected chi connectivity index (χ1v) is 6.76. The second kappa shape index (κ2) is 5.27. The van der Waals surface area contributed by atoms with E-state index in [9.17, 15) is 4.79 Å². The highest BCUT2D eigenvalue weighted by molar-refractivity contribution is 5.90. The molecular formula is C15H23NO2. The Morgan fingerprint density at radius 3 is 2.61 bits per heavy atom. The van der Waals surface area contributed by atoms with Crippen molar-refractivity contribution in [2.45, 2.75) is 44.6 Å². The van der Waals surface area contributed by atoms with Crippen molar-refractivity contribution in [3.8, 4) is 0 Å². The number of Topliss-reactive ketones (excluding diaryl/α,β-unsaturated/α-hetero) is 1. The Bertz CT molecular complexity index is 387. The van der Waals surface area contributed by atoms with Crippen LogP contribution in [-0.4, -0.2) is 30.3 Å². The molecular weight excluding hydrogens is 226 g/mol. The van der Waals surface area contributed by atoms with E-state index in [0.717, 1.165) is 37.2 Å². The summed E-state index contributed by atoms with van der Waals surface area (Å²) in [5, 5.41) is 0. The molecule has 0 radical (unpaired) electrons. The number of carbonyl (C=O) groups is 1. The van der Waals surface area contributed by atoms with E-state index in [2.05, 4.69) is 11.8 Å². The topological polar surface area (TPSA) is 33.5 Å². The quantitative estimate of drug-likeness (QED) is 0.822. The third-order valence-corrected chi connectivity index (χ3v) is 4.42. The number of hydrogen-bond acceptors (Lipinski definition) is 3. The molecule has 1 aromatic rings. The Morgan fingerprint density at radius 2 is 2.11 bits per heavy atom. The fourth-order valence-corrected chi connectivity index (χ4v) is 2.96. The van der Waals surface area contributed by atoms with Crippen molar-refractivity contribution in [1.29, 1.82) is 0 Å². The molecule has 3 nitrogen and oxygen atoms in total. The summed E-state index contributed by atoms with van der Waals surface area (Å²) in [6.45, 7) is 2.28. The molecule has 0 aliphatic heterocycles. The minimum atomic E-state index is -0.260. The molecule has 1 heterocycles. The molecule has 1 fully saturated rings. The second-order valence-electron chi connectivity index (χ2n) is 5.84. The summed E-state index contributed by atoms with van der Waals surface area (Å²) in [4.78, 5) is 14.8. The van der Waals surface area contributed by atoms with Gasteiger partial charge in [0.25, 0.3) is 0 Å². The maximum atomic E-state index is 12.7. The summed E-state index contributed by atoms with van der Waals surface area (Å²) in [6.07, 6.45) is 8.06. The van der Waals surface area contributed by atoms with Crippen molar-refractivity contribution in [3.63, 3.8) is 0 Å². The van der Waals surface area contributed by atoms with Gasteiger partial charge in [-0.1, -0.05) is 6.92 Å². The van der Waals surface area contributed by atoms with Crippen molar-refractivity contribution in [1.82, 2.24) is 4.90 Å². The summed E-state index contributed by atoms with van der Waals surface area (Å²) in [7, 11) is 4.06. The zero-order valence-electron chi connectivity index (χ0n) is 11.6. The molecule has 3 heteroatoms. The van der Waals surface area contributed by atoms with Crippen LogP contribution in [-0.2, 0) is 11.2 Å². The van der Waals surface area contributed by atoms with Gasteiger partial charge in [-0.2, -0.15) is 0 Å². The van der Waals surface area contributed by atoms with E-state index >= 15 is 0 Å². The van der Waals surface area contributed by atoms with Crippen LogP contribution < -0.4 is 0 Å². The van der Waals surface area contributed by atoms with E-state index in [1.807, 2.05) is 20.2 Å². The lowest BCUT2D eigenvalue weighted by molar-refractivity contribution is -0.131. The Hall–Kier alpha value is -1.09. The fourth-order valence-electron chi connectivity index (χ4n) is 2.96. The Morgan fingerprint density at radius 1 is 1.44 bits per heavy atom. The molecule has 1 aromatic heterocycles. The fraction of sp³-hybridized carbons (Fsp3) is 0.667. The normalized spacial score (nSPS) is 28.6. The lowest BCUT2D eigenvalue weighted by Gasteiger charge is -2.43. The Kier molecular flexibility index (Phi) is 3.91. The van der Waals surface area contributed by atoms with Gasteiger partial charge in [-0.15, -0.1) is 0 Å². The molecule has 2 rings (SSSR count). The highest BCUT2D eigenvalue weighted by Gasteiger charge is 2.42. The molecule has 18 heavy (non-hydrogen) atoms. The van der Waals surface area contributed by atoms with Crippen LogP contribution in [0.5, 0.6) is 0 Å². The SMILES string of the molecule is CC1CCC(C(=O)Cc2ccoc2)(N(C)C)CC1. The van der Waals surface area contributed by atoms with Crippen LogP contribution in [0.3, 0.4) is 0 Å². The van der Waals surface area contributed by atoms with Crippen LogP contribution in [0.25, 0.3) is 0 Å². The van der Waals surface area contributed by atoms with Crippen molar-refractivity contribution in [2.75, 3.05) is 14.1 Å². The number of hydrogen-bond donors (Lipinski definition) is 0. The molecule has 0 aromatic carbocycles. The maximum absolute atomic E-state index is 12.7. The van der Waals surface area contributed by atoms with E-state index in [0.29, 0.717) is 12.2 Å². The number of furan rings is 1. The summed E-state index contributed by atoms with van der Waals surface area (Å²) in [5.41, 5.74) is 0.726. The lowest BCUT2D eigenvalue weighted by atomic mass is 9.73. The van der Waals surface area contributed by atoms with E-state index in [1.54, 1.807) is 12.5 Å². The summed E-state index contributed by atoms with van der Waals surface area (Å²) in [5.74, 6) is 1.08. The van der Waals surface area contributed by atoms with Crippen LogP contribution >= 0.6 is 0 Å². The van der Waals surface area contributed by atoms with E-state index in [-0.39, 0.29) is 5.54 Å². The van der Waals surface area contributed by atoms with E-state index < -0.39 is 0 Å². The Labute approximate surface area is 109 Å². The predicted octanol–water partition coefficient (Wildman–Crippen LogP) is 2.90. The highest BCUT2D eigenvalue weighted by atomic mass is 16.3. The third-order valence-electron chi connectivity index (χ3n) is 4.42. The average Bonchev–Trinajstić information content (AvgIpc) is 2.82. The van der Waals surface area contributed by atoms with Crippen molar-refractivity contribution in [2.24, 2.45) is 5.92 Å². The molecule has 0 spiro atoms. The van der Waals surface area contributed by atoms with Gasteiger partial charge in [0.2, 0.25) is 0 Å². The van der Waals surface area contributed by atoms with Crippen LogP contribution in [0.15, 0.2) is 23.0 Å². The summed E-state index contributed by atoms with van der Waals surface area (Å²) < 4.78 is 5.05. The van der Waals surface area contributed by atoms with Gasteiger partial charge in [0.1, 0.15) is 0 Å². The minimum Gasteiger partial charge on any atom is -0.472 e. The second-order valence-corrected chi connectivity index (χ2v) is 5.84. The first kappa shape index (κ1) is 13.3. The van der Waals surface area contributed by atoms with Crippen molar-refractivity contribution >= 4 is 5.78 Å². The molecule has 0 saturated heterocycles. The first-order chi connectivity index (χ1) is 8.54. The number of rotatable bonds is 4. The maximum Gasteiger partial charge on any atom is 0.157 e. The van der Waals surface area contributed by atoms with Crippen LogP contribution in [0.2, 0.25) is 0 Å². The molecule has 0 atom stereocenters. The largest absolute Gasteiger partial charge is 0.472 e. The van der Waals surface area contributed by atoms with Crippen LogP contribution in [0.4, 0.5) is 0 Å². The molecule has 0 amide bonds. The van der Waals surface area contributed by atoms with Crippen LogP contribution in [0.1, 0.15) is 38.2 Å². The smallest absolute Gasteiger partial charge is 0.157 e. The molecule has 0 unspecified atom stereocenters. The molecule has 0 bridgehead atoms. The van der Waals surface area contributed by atoms with Gasteiger partial charge in [-0.25, -0.2) is 0 Å². The third kappa shape index (κ3) is 2.51. The van der Waals surface area contributed by atoms with E-state index in [4.69, 9.17) is 4.42 Å². The van der Waals surface area contributed by atoms with Crippen LogP contribution in [0, 0.1) is 5.92 Å². The van der Waals surface area contributed by atoms with Gasteiger partial charge in [0.05, 0.1) is 18.1 Å². The summed E-state index contributed by atoms with van der Waals surface area (Å²) in [6, 6.07) is 1.88. The number of likely N-dealkylation sites (N-methyl/N-ethyl adjacent to an activating group) is 1. The van der Waals surface area contributed by atoms with Crippen molar-refractivity contribution in [3.05, 3.63) is 24.2 Å². The van der Waals surface area contributed by atoms with Gasteiger partial charge in [-0.3, -0.25) is 9.69 Å². The summed E-state index contributed by atoms with van der Waals surface area (Å²) >= 11 is 0. The number of carbonyl (C=O) groups excluding carboxylic acids is 1. The van der Waals surface area contributed by atoms with Crippen molar-refractivity contribution < 1.29 is 9.21 Å². The monoisotopic (exact) mass is 249 g/mol. The standard InChI is InChI=1S/C15H23NO2/c1-12-4-7-15(8-5-12,16(2)3)14(17)10-13-6-9-18-11-13/h6,9,11-12H,4-5,7-8,10H2,1-3H3. The van der Waals surface area contributed by atoms with Gasteiger partial charge in [-0.05, 0) is 57.3 Å². The average molecular weight is 249 g/mol. The minimum absolute atomic E-state index is 0.260. The Balaban J connectivity index is 2.12. The first-order valence-electron chi connectivity index (χ1n) is 6.76. The number of nitrogens with zero attached hydrogens (tertiary/aromatic N) is 1. The molecule has 1 saturated carbocycles. The van der Waals surface area contributed by atoms with Gasteiger partial charge >= 0.3 is 0 Å². The van der Waals surface area contributed by atoms with Gasteiger partial charge < -0.3 is 4.42 Å². The molecule has 1 aliphatic carbocycles. The predicted molar refractivity (Wildman–Crippen MR) is 71.5 cm³/mol. The zero-order chi connectivity index (χ0) is 13.2. The zero-order valence-corrected chi connectivity index (χ0v) is 11.6. The van der Waals surface area contributed by atoms with Gasteiger partial charge in [0.15, 0.2) is 5.78 Å². The molecule has 1 aliphatic rings. The molecule has 0 N–H and O–H groups in total. The molecule has 100 valence electrons. The van der Waals surface area contributed by atoms with E-state index in [1.165, 1.54) is 0 Å². The number of ketones is 1. The van der Waals surface area contributed by atoms with Gasteiger partial charge in [0, 0.05) is 6.42 Å².